The van der Waals surface area contributed by atoms with Gasteiger partial charge in [-0.05, 0) is 44.1 Å². The summed E-state index contributed by atoms with van der Waals surface area (Å²) in [4.78, 5) is 19.6. The smallest absolute Gasteiger partial charge is 0.319 e. The van der Waals surface area contributed by atoms with Crippen molar-refractivity contribution in [2.24, 2.45) is 5.92 Å². The quantitative estimate of drug-likeness (QED) is 0.700. The minimum atomic E-state index is -0.0317. The predicted octanol–water partition coefficient (Wildman–Crippen LogP) is 4.03. The third kappa shape index (κ3) is 3.26. The second kappa shape index (κ2) is 6.86. The van der Waals surface area contributed by atoms with E-state index < -0.39 is 0 Å². The molecule has 1 saturated heterocycles. The molecule has 29 heavy (non-hydrogen) atoms. The number of H-pyrrole nitrogens is 1. The number of nitrogens with zero attached hydrogens (tertiary/aromatic N) is 5. The Morgan fingerprint density at radius 1 is 1.24 bits per heavy atom. The van der Waals surface area contributed by atoms with Crippen LogP contribution in [0.2, 0.25) is 0 Å². The van der Waals surface area contributed by atoms with Crippen LogP contribution in [0.1, 0.15) is 46.0 Å². The molecule has 0 radical (unpaired) electrons. The standard InChI is InChI=1S/C21H27N7O/c1-14(2)13-28-18-9-16(22-10-15(18)11-24-28)19-17(12-23-26-19)25-20(29)27-8-4-3-5-21(27)6-7-21/h9-12,14H,3-8,13H2,1-2H3,(H,23,26)(H,25,29). The molecule has 1 saturated carbocycles. The average molecular weight is 393 g/mol. The molecule has 4 heterocycles. The fourth-order valence-corrected chi connectivity index (χ4v) is 4.44. The number of piperidine rings is 1. The lowest BCUT2D eigenvalue weighted by Gasteiger charge is -2.36. The van der Waals surface area contributed by atoms with Crippen molar-refractivity contribution in [2.45, 2.75) is 58.0 Å². The van der Waals surface area contributed by atoms with Gasteiger partial charge in [-0.1, -0.05) is 13.8 Å². The van der Waals surface area contributed by atoms with Gasteiger partial charge in [-0.15, -0.1) is 0 Å². The minimum Gasteiger partial charge on any atom is -0.319 e. The molecule has 2 amide bonds. The van der Waals surface area contributed by atoms with E-state index in [9.17, 15) is 4.79 Å². The van der Waals surface area contributed by atoms with Gasteiger partial charge in [-0.2, -0.15) is 10.2 Å². The summed E-state index contributed by atoms with van der Waals surface area (Å²) in [7, 11) is 0. The molecule has 8 heteroatoms. The number of pyridine rings is 1. The van der Waals surface area contributed by atoms with Gasteiger partial charge in [0, 0.05) is 30.2 Å². The number of likely N-dealkylation sites (tertiary alicyclic amines) is 1. The lowest BCUT2D eigenvalue weighted by molar-refractivity contribution is 0.151. The van der Waals surface area contributed by atoms with Crippen molar-refractivity contribution in [2.75, 3.05) is 11.9 Å². The van der Waals surface area contributed by atoms with E-state index in [0.29, 0.717) is 11.6 Å². The summed E-state index contributed by atoms with van der Waals surface area (Å²) in [6, 6.07) is 1.98. The number of nitrogens with one attached hydrogen (secondary N) is 2. The summed E-state index contributed by atoms with van der Waals surface area (Å²) in [6.07, 6.45) is 11.0. The second-order valence-corrected chi connectivity index (χ2v) is 8.77. The van der Waals surface area contributed by atoms with Crippen LogP contribution in [0.15, 0.2) is 24.7 Å². The number of hydrogen-bond donors (Lipinski definition) is 2. The van der Waals surface area contributed by atoms with E-state index >= 15 is 0 Å². The van der Waals surface area contributed by atoms with Gasteiger partial charge in [0.05, 0.1) is 29.3 Å². The number of anilines is 1. The Kier molecular flexibility index (Phi) is 4.29. The van der Waals surface area contributed by atoms with Crippen LogP contribution >= 0.6 is 0 Å². The second-order valence-electron chi connectivity index (χ2n) is 8.77. The van der Waals surface area contributed by atoms with Crippen molar-refractivity contribution in [1.82, 2.24) is 29.9 Å². The van der Waals surface area contributed by atoms with E-state index in [1.165, 1.54) is 6.42 Å². The van der Waals surface area contributed by atoms with E-state index in [1.807, 2.05) is 28.0 Å². The SMILES string of the molecule is CC(C)Cn1ncc2cnc(-c3[nH]ncc3NC(=O)N3CCCCC34CC4)cc21. The summed E-state index contributed by atoms with van der Waals surface area (Å²) in [5.74, 6) is 0.496. The normalized spacial score (nSPS) is 18.0. The molecule has 152 valence electrons. The average Bonchev–Trinajstić information content (AvgIpc) is 3.12. The Morgan fingerprint density at radius 3 is 2.90 bits per heavy atom. The first-order chi connectivity index (χ1) is 14.1. The zero-order chi connectivity index (χ0) is 20.0. The van der Waals surface area contributed by atoms with Crippen molar-refractivity contribution >= 4 is 22.6 Å². The van der Waals surface area contributed by atoms with Gasteiger partial charge < -0.3 is 10.2 Å². The van der Waals surface area contributed by atoms with E-state index in [1.54, 1.807) is 6.20 Å². The van der Waals surface area contributed by atoms with Crippen LogP contribution in [0.4, 0.5) is 10.5 Å². The third-order valence-electron chi connectivity index (χ3n) is 6.12. The maximum absolute atomic E-state index is 13.0. The molecule has 3 aromatic heterocycles. The van der Waals surface area contributed by atoms with Crippen LogP contribution < -0.4 is 5.32 Å². The van der Waals surface area contributed by atoms with Crippen LogP contribution in [0.5, 0.6) is 0 Å². The summed E-state index contributed by atoms with van der Waals surface area (Å²) in [6.45, 7) is 6.02. The highest BCUT2D eigenvalue weighted by Crippen LogP contribution is 2.48. The largest absolute Gasteiger partial charge is 0.322 e. The van der Waals surface area contributed by atoms with Crippen LogP contribution in [-0.4, -0.2) is 48.0 Å². The van der Waals surface area contributed by atoms with Crippen molar-refractivity contribution in [3.8, 4) is 11.4 Å². The summed E-state index contributed by atoms with van der Waals surface area (Å²) in [5.41, 5.74) is 3.27. The van der Waals surface area contributed by atoms with Gasteiger partial charge in [-0.3, -0.25) is 14.8 Å². The molecular weight excluding hydrogens is 366 g/mol. The molecule has 1 aliphatic heterocycles. The van der Waals surface area contributed by atoms with Crippen molar-refractivity contribution in [3.63, 3.8) is 0 Å². The van der Waals surface area contributed by atoms with Crippen LogP contribution in [-0.2, 0) is 6.54 Å². The Hall–Kier alpha value is -2.90. The van der Waals surface area contributed by atoms with Crippen molar-refractivity contribution in [1.29, 1.82) is 0 Å². The number of carbonyl (C=O) groups excluding carboxylic acids is 1. The molecule has 3 aromatic rings. The van der Waals surface area contributed by atoms with Gasteiger partial charge in [0.15, 0.2) is 0 Å². The van der Waals surface area contributed by atoms with Crippen LogP contribution in [0.3, 0.4) is 0 Å². The fraction of sp³-hybridized carbons (Fsp3) is 0.524. The first kappa shape index (κ1) is 18.1. The van der Waals surface area contributed by atoms with E-state index in [0.717, 1.165) is 61.1 Å². The summed E-state index contributed by atoms with van der Waals surface area (Å²) < 4.78 is 2.00. The highest BCUT2D eigenvalue weighted by molar-refractivity contribution is 5.94. The molecule has 1 aliphatic carbocycles. The number of rotatable bonds is 4. The van der Waals surface area contributed by atoms with Gasteiger partial charge >= 0.3 is 6.03 Å². The molecule has 0 aromatic carbocycles. The maximum Gasteiger partial charge on any atom is 0.322 e. The van der Waals surface area contributed by atoms with E-state index in [2.05, 4.69) is 39.4 Å². The van der Waals surface area contributed by atoms with Crippen molar-refractivity contribution < 1.29 is 4.79 Å². The Morgan fingerprint density at radius 2 is 2.10 bits per heavy atom. The Balaban J connectivity index is 1.42. The molecule has 0 bridgehead atoms. The van der Waals surface area contributed by atoms with E-state index in [-0.39, 0.29) is 11.6 Å². The molecule has 0 atom stereocenters. The first-order valence-electron chi connectivity index (χ1n) is 10.5. The number of hydrogen-bond acceptors (Lipinski definition) is 4. The maximum atomic E-state index is 13.0. The zero-order valence-corrected chi connectivity index (χ0v) is 17.0. The number of amides is 2. The number of carbonyl (C=O) groups is 1. The van der Waals surface area contributed by atoms with E-state index in [4.69, 9.17) is 0 Å². The molecule has 2 aliphatic rings. The van der Waals surface area contributed by atoms with Gasteiger partial charge in [-0.25, -0.2) is 4.79 Å². The van der Waals surface area contributed by atoms with Gasteiger partial charge in [0.1, 0.15) is 5.69 Å². The topological polar surface area (TPSA) is 91.7 Å². The van der Waals surface area contributed by atoms with Crippen LogP contribution in [0, 0.1) is 5.92 Å². The molecule has 8 nitrogen and oxygen atoms in total. The molecule has 1 spiro atoms. The number of aromatic nitrogens is 5. The third-order valence-corrected chi connectivity index (χ3v) is 6.12. The fourth-order valence-electron chi connectivity index (χ4n) is 4.44. The van der Waals surface area contributed by atoms with Crippen LogP contribution in [0.25, 0.3) is 22.3 Å². The molecule has 2 fully saturated rings. The monoisotopic (exact) mass is 393 g/mol. The summed E-state index contributed by atoms with van der Waals surface area (Å²) in [5, 5.41) is 15.7. The summed E-state index contributed by atoms with van der Waals surface area (Å²) >= 11 is 0. The predicted molar refractivity (Wildman–Crippen MR) is 111 cm³/mol. The molecule has 2 N–H and O–H groups in total. The van der Waals surface area contributed by atoms with Gasteiger partial charge in [0.2, 0.25) is 0 Å². The molecular formula is C21H27N7O. The highest BCUT2D eigenvalue weighted by atomic mass is 16.2. The highest BCUT2D eigenvalue weighted by Gasteiger charge is 2.51. The number of urea groups is 1. The lowest BCUT2D eigenvalue weighted by atomic mass is 10.0. The van der Waals surface area contributed by atoms with Gasteiger partial charge in [0.25, 0.3) is 0 Å². The Bertz CT molecular complexity index is 1050. The lowest BCUT2D eigenvalue weighted by Crippen LogP contribution is -2.47. The molecule has 0 unspecified atom stereocenters. The first-order valence-corrected chi connectivity index (χ1v) is 10.5. The van der Waals surface area contributed by atoms with Crippen molar-refractivity contribution in [3.05, 3.63) is 24.7 Å². The molecule has 5 rings (SSSR count). The number of fused-ring (bicyclic) bond motifs is 1. The number of aromatic amines is 1. The zero-order valence-electron chi connectivity index (χ0n) is 17.0. The Labute approximate surface area is 169 Å². The minimum absolute atomic E-state index is 0.0317.